The van der Waals surface area contributed by atoms with E-state index in [1.165, 1.54) is 0 Å². The molecule has 0 atom stereocenters. The van der Waals surface area contributed by atoms with Crippen molar-refractivity contribution in [1.29, 1.82) is 0 Å². The Hall–Kier alpha value is -3.28. The highest BCUT2D eigenvalue weighted by molar-refractivity contribution is 6.32. The van der Waals surface area contributed by atoms with Crippen molar-refractivity contribution in [1.82, 2.24) is 0 Å². The molecular weight excluding hydrogens is 449 g/mol. The first-order chi connectivity index (χ1) is 15.5. The number of esters is 1. The summed E-state index contributed by atoms with van der Waals surface area (Å²) in [5.74, 6) is 0.615. The van der Waals surface area contributed by atoms with Gasteiger partial charge in [-0.2, -0.15) is 0 Å². The highest BCUT2D eigenvalue weighted by atomic mass is 35.5. The van der Waals surface area contributed by atoms with Crippen LogP contribution in [0.25, 0.3) is 6.08 Å². The predicted molar refractivity (Wildman–Crippen MR) is 125 cm³/mol. The van der Waals surface area contributed by atoms with Gasteiger partial charge in [-0.1, -0.05) is 53.5 Å². The van der Waals surface area contributed by atoms with E-state index in [0.717, 1.165) is 11.1 Å². The summed E-state index contributed by atoms with van der Waals surface area (Å²) in [6.07, 6.45) is 1.60. The molecular formula is C25H19Cl2NO4. The summed E-state index contributed by atoms with van der Waals surface area (Å²) >= 11 is 12.5. The maximum Gasteiger partial charge on any atom is 0.363 e. The fourth-order valence-electron chi connectivity index (χ4n) is 3.13. The van der Waals surface area contributed by atoms with Crippen molar-refractivity contribution in [3.05, 3.63) is 99.2 Å². The van der Waals surface area contributed by atoms with Gasteiger partial charge < -0.3 is 14.2 Å². The Bertz CT molecular complexity index is 1210. The van der Waals surface area contributed by atoms with Crippen molar-refractivity contribution >= 4 is 41.1 Å². The quantitative estimate of drug-likeness (QED) is 0.301. The number of nitrogens with zero attached hydrogens (tertiary/aromatic N) is 1. The molecule has 3 aromatic rings. The van der Waals surface area contributed by atoms with Gasteiger partial charge >= 0.3 is 5.97 Å². The number of halogens is 2. The van der Waals surface area contributed by atoms with E-state index in [4.69, 9.17) is 37.4 Å². The Labute approximate surface area is 195 Å². The number of cyclic esters (lactones) is 1. The van der Waals surface area contributed by atoms with Gasteiger partial charge in [-0.25, -0.2) is 9.79 Å². The van der Waals surface area contributed by atoms with Crippen LogP contribution in [0.1, 0.15) is 23.6 Å². The monoisotopic (exact) mass is 467 g/mol. The van der Waals surface area contributed by atoms with E-state index in [9.17, 15) is 4.79 Å². The van der Waals surface area contributed by atoms with Crippen molar-refractivity contribution in [2.45, 2.75) is 13.5 Å². The minimum atomic E-state index is -0.529. The molecule has 5 nitrogen and oxygen atoms in total. The third-order valence-corrected chi connectivity index (χ3v) is 5.06. The zero-order chi connectivity index (χ0) is 22.5. The lowest BCUT2D eigenvalue weighted by Gasteiger charge is -2.14. The Morgan fingerprint density at radius 2 is 1.81 bits per heavy atom. The summed E-state index contributed by atoms with van der Waals surface area (Å²) < 4.78 is 17.0. The van der Waals surface area contributed by atoms with E-state index < -0.39 is 5.97 Å². The van der Waals surface area contributed by atoms with Gasteiger partial charge in [0.1, 0.15) is 6.61 Å². The van der Waals surface area contributed by atoms with Crippen LogP contribution in [0.3, 0.4) is 0 Å². The molecule has 0 unspecified atom stereocenters. The molecule has 1 aliphatic rings. The number of ether oxygens (including phenoxy) is 3. The van der Waals surface area contributed by atoms with Crippen LogP contribution in [0, 0.1) is 0 Å². The molecule has 1 aliphatic heterocycles. The van der Waals surface area contributed by atoms with E-state index in [0.29, 0.717) is 33.7 Å². The molecule has 0 fully saturated rings. The Morgan fingerprint density at radius 1 is 1.00 bits per heavy atom. The lowest BCUT2D eigenvalue weighted by molar-refractivity contribution is -0.129. The highest BCUT2D eigenvalue weighted by Crippen LogP contribution is 2.38. The topological polar surface area (TPSA) is 57.1 Å². The number of benzene rings is 3. The van der Waals surface area contributed by atoms with Gasteiger partial charge in [0.05, 0.1) is 11.6 Å². The van der Waals surface area contributed by atoms with Crippen molar-refractivity contribution < 1.29 is 19.0 Å². The second kappa shape index (κ2) is 9.90. The van der Waals surface area contributed by atoms with E-state index in [2.05, 4.69) is 4.99 Å². The van der Waals surface area contributed by atoms with Gasteiger partial charge in [-0.15, -0.1) is 0 Å². The second-order valence-corrected chi connectivity index (χ2v) is 7.73. The molecule has 0 radical (unpaired) electrons. The molecule has 0 spiro atoms. The van der Waals surface area contributed by atoms with E-state index in [1.807, 2.05) is 55.5 Å². The Kier molecular flexibility index (Phi) is 6.78. The maximum atomic E-state index is 12.3. The molecule has 3 aromatic carbocycles. The third-order valence-electron chi connectivity index (χ3n) is 4.55. The number of rotatable bonds is 7. The number of carbonyl (C=O) groups excluding carboxylic acids is 1. The molecule has 0 bridgehead atoms. The van der Waals surface area contributed by atoms with Gasteiger partial charge in [0, 0.05) is 10.6 Å². The molecule has 1 heterocycles. The van der Waals surface area contributed by atoms with Gasteiger partial charge in [0.2, 0.25) is 5.90 Å². The van der Waals surface area contributed by atoms with Gasteiger partial charge in [0.25, 0.3) is 0 Å². The van der Waals surface area contributed by atoms with Crippen LogP contribution in [0.5, 0.6) is 11.5 Å². The molecule has 4 rings (SSSR count). The first-order valence-electron chi connectivity index (χ1n) is 9.95. The highest BCUT2D eigenvalue weighted by Gasteiger charge is 2.24. The average molecular weight is 468 g/mol. The minimum Gasteiger partial charge on any atom is -0.490 e. The van der Waals surface area contributed by atoms with Crippen molar-refractivity contribution in [3.8, 4) is 11.5 Å². The summed E-state index contributed by atoms with van der Waals surface area (Å²) in [4.78, 5) is 16.6. The first kappa shape index (κ1) is 21.9. The Balaban J connectivity index is 1.61. The summed E-state index contributed by atoms with van der Waals surface area (Å²) in [6.45, 7) is 2.56. The number of hydrogen-bond acceptors (Lipinski definition) is 5. The standard InChI is InChI=1S/C25H19Cl2NO4/c1-2-30-22-14-17(12-20(27)23(22)31-15-16-7-6-10-19(26)11-16)13-21-25(29)32-24(28-21)18-8-4-3-5-9-18/h3-14H,2,15H2,1H3/b21-13-. The first-order valence-corrected chi connectivity index (χ1v) is 10.7. The molecule has 162 valence electrons. The lowest BCUT2D eigenvalue weighted by Crippen LogP contribution is -2.05. The predicted octanol–water partition coefficient (Wildman–Crippen LogP) is 6.32. The van der Waals surface area contributed by atoms with Crippen LogP contribution in [-0.2, 0) is 16.1 Å². The summed E-state index contributed by atoms with van der Waals surface area (Å²) in [5, 5.41) is 0.978. The van der Waals surface area contributed by atoms with E-state index >= 15 is 0 Å². The van der Waals surface area contributed by atoms with Gasteiger partial charge in [-0.05, 0) is 60.5 Å². The molecule has 0 saturated heterocycles. The zero-order valence-electron chi connectivity index (χ0n) is 17.2. The second-order valence-electron chi connectivity index (χ2n) is 6.88. The van der Waals surface area contributed by atoms with Crippen LogP contribution < -0.4 is 9.47 Å². The Morgan fingerprint density at radius 3 is 2.56 bits per heavy atom. The summed E-state index contributed by atoms with van der Waals surface area (Å²) in [6, 6.07) is 20.1. The minimum absolute atomic E-state index is 0.176. The SMILES string of the molecule is CCOc1cc(/C=C2\N=C(c3ccccc3)OC2=O)cc(Cl)c1OCc1cccc(Cl)c1. The number of hydrogen-bond donors (Lipinski definition) is 0. The average Bonchev–Trinajstić information content (AvgIpc) is 3.14. The fourth-order valence-corrected chi connectivity index (χ4v) is 3.61. The molecule has 7 heteroatoms. The zero-order valence-corrected chi connectivity index (χ0v) is 18.7. The van der Waals surface area contributed by atoms with Crippen LogP contribution >= 0.6 is 23.2 Å². The third kappa shape index (κ3) is 5.13. The molecule has 0 aromatic heterocycles. The normalized spacial score (nSPS) is 14.3. The molecule has 0 amide bonds. The van der Waals surface area contributed by atoms with Crippen LogP contribution in [0.15, 0.2) is 77.4 Å². The fraction of sp³-hybridized carbons (Fsp3) is 0.120. The molecule has 0 aliphatic carbocycles. The van der Waals surface area contributed by atoms with E-state index in [1.54, 1.807) is 24.3 Å². The van der Waals surface area contributed by atoms with Crippen LogP contribution in [0.4, 0.5) is 0 Å². The summed E-state index contributed by atoms with van der Waals surface area (Å²) in [5.41, 5.74) is 2.44. The van der Waals surface area contributed by atoms with Crippen molar-refractivity contribution in [3.63, 3.8) is 0 Å². The maximum absolute atomic E-state index is 12.3. The largest absolute Gasteiger partial charge is 0.490 e. The van der Waals surface area contributed by atoms with Crippen molar-refractivity contribution in [2.75, 3.05) is 6.61 Å². The number of carbonyl (C=O) groups is 1. The van der Waals surface area contributed by atoms with Crippen LogP contribution in [0.2, 0.25) is 10.0 Å². The molecule has 32 heavy (non-hydrogen) atoms. The van der Waals surface area contributed by atoms with Gasteiger partial charge in [0.15, 0.2) is 17.2 Å². The smallest absolute Gasteiger partial charge is 0.363 e. The molecule has 0 N–H and O–H groups in total. The van der Waals surface area contributed by atoms with Gasteiger partial charge in [-0.3, -0.25) is 0 Å². The summed E-state index contributed by atoms with van der Waals surface area (Å²) in [7, 11) is 0. The molecule has 0 saturated carbocycles. The van der Waals surface area contributed by atoms with Crippen LogP contribution in [-0.4, -0.2) is 18.5 Å². The number of aliphatic imine (C=N–C) groups is 1. The van der Waals surface area contributed by atoms with Crippen molar-refractivity contribution in [2.24, 2.45) is 4.99 Å². The van der Waals surface area contributed by atoms with E-state index in [-0.39, 0.29) is 18.2 Å². The lowest BCUT2D eigenvalue weighted by atomic mass is 10.1.